The summed E-state index contributed by atoms with van der Waals surface area (Å²) in [5, 5.41) is 6.64. The lowest BCUT2D eigenvalue weighted by Gasteiger charge is -2.29. The van der Waals surface area contributed by atoms with Gasteiger partial charge in [0.25, 0.3) is 0 Å². The van der Waals surface area contributed by atoms with E-state index in [1.54, 1.807) is 6.07 Å². The summed E-state index contributed by atoms with van der Waals surface area (Å²) < 4.78 is 25.5. The average Bonchev–Trinajstić information content (AvgIpc) is 3.26. The molecule has 2 aliphatic rings. The fourth-order valence-electron chi connectivity index (χ4n) is 3.94. The third-order valence-corrected chi connectivity index (χ3v) is 5.59. The largest absolute Gasteiger partial charge is 0.493 e. The molecule has 2 aromatic carbocycles. The Hall–Kier alpha value is -2.80. The minimum Gasteiger partial charge on any atom is -0.493 e. The highest BCUT2D eigenvalue weighted by Crippen LogP contribution is 2.26. The number of aliphatic imine (C=N–C) groups is 1. The molecule has 166 valence electrons. The van der Waals surface area contributed by atoms with Crippen LogP contribution in [0.1, 0.15) is 23.6 Å². The smallest absolute Gasteiger partial charge is 0.191 e. The van der Waals surface area contributed by atoms with Crippen molar-refractivity contribution < 1.29 is 13.9 Å². The Morgan fingerprint density at radius 2 is 1.90 bits per heavy atom. The second-order valence-corrected chi connectivity index (χ2v) is 7.80. The average molecular weight is 427 g/mol. The van der Waals surface area contributed by atoms with Crippen LogP contribution in [0.4, 0.5) is 10.1 Å². The Morgan fingerprint density at radius 3 is 2.71 bits per heavy atom. The zero-order chi connectivity index (χ0) is 21.5. The summed E-state index contributed by atoms with van der Waals surface area (Å²) in [7, 11) is 0. The lowest BCUT2D eigenvalue weighted by atomic mass is 10.1. The molecule has 0 radical (unpaired) electrons. The fourth-order valence-corrected chi connectivity index (χ4v) is 3.94. The van der Waals surface area contributed by atoms with Crippen LogP contribution in [-0.2, 0) is 24.1 Å². The normalized spacial score (nSPS) is 16.1. The van der Waals surface area contributed by atoms with Gasteiger partial charge in [-0.3, -0.25) is 0 Å². The summed E-state index contributed by atoms with van der Waals surface area (Å²) in [5.74, 6) is 1.55. The third kappa shape index (κ3) is 5.67. The van der Waals surface area contributed by atoms with E-state index in [0.29, 0.717) is 25.4 Å². The highest BCUT2D eigenvalue weighted by Gasteiger charge is 2.15. The maximum absolute atomic E-state index is 14.6. The molecule has 0 unspecified atom stereocenters. The lowest BCUT2D eigenvalue weighted by molar-refractivity contribution is 0.122. The van der Waals surface area contributed by atoms with Crippen molar-refractivity contribution in [2.75, 3.05) is 50.9 Å². The van der Waals surface area contributed by atoms with Gasteiger partial charge in [-0.25, -0.2) is 9.38 Å². The Kier molecular flexibility index (Phi) is 7.25. The number of fused-ring (bicyclic) bond motifs is 1. The summed E-state index contributed by atoms with van der Waals surface area (Å²) in [6.45, 7) is 7.51. The number of hydrogen-bond donors (Lipinski definition) is 2. The molecule has 0 aromatic heterocycles. The second kappa shape index (κ2) is 10.5. The Labute approximate surface area is 183 Å². The molecule has 4 rings (SSSR count). The van der Waals surface area contributed by atoms with Crippen molar-refractivity contribution in [2.45, 2.75) is 26.3 Å². The number of morpholine rings is 1. The predicted molar refractivity (Wildman–Crippen MR) is 122 cm³/mol. The number of nitrogens with one attached hydrogen (secondary N) is 2. The molecule has 7 heteroatoms. The van der Waals surface area contributed by atoms with Crippen molar-refractivity contribution in [3.8, 4) is 5.75 Å². The van der Waals surface area contributed by atoms with E-state index in [2.05, 4.69) is 33.8 Å². The zero-order valence-corrected chi connectivity index (χ0v) is 18.1. The first-order valence-corrected chi connectivity index (χ1v) is 11.1. The molecule has 2 aromatic rings. The van der Waals surface area contributed by atoms with Gasteiger partial charge in [-0.05, 0) is 48.2 Å². The molecule has 0 aliphatic carbocycles. The Bertz CT molecular complexity index is 912. The van der Waals surface area contributed by atoms with E-state index < -0.39 is 0 Å². The molecule has 2 N–H and O–H groups in total. The van der Waals surface area contributed by atoms with Crippen LogP contribution in [-0.4, -0.2) is 52.0 Å². The zero-order valence-electron chi connectivity index (χ0n) is 18.1. The van der Waals surface area contributed by atoms with Gasteiger partial charge in [0.2, 0.25) is 0 Å². The number of guanidine groups is 1. The van der Waals surface area contributed by atoms with Gasteiger partial charge in [0.05, 0.1) is 32.1 Å². The Morgan fingerprint density at radius 1 is 1.06 bits per heavy atom. The van der Waals surface area contributed by atoms with E-state index in [1.165, 1.54) is 11.1 Å². The second-order valence-electron chi connectivity index (χ2n) is 7.80. The van der Waals surface area contributed by atoms with Crippen molar-refractivity contribution in [2.24, 2.45) is 4.99 Å². The summed E-state index contributed by atoms with van der Waals surface area (Å²) >= 11 is 0. The number of hydrogen-bond acceptors (Lipinski definition) is 4. The van der Waals surface area contributed by atoms with Crippen molar-refractivity contribution >= 4 is 11.6 Å². The minimum atomic E-state index is -0.201. The van der Waals surface area contributed by atoms with E-state index in [9.17, 15) is 4.39 Å². The summed E-state index contributed by atoms with van der Waals surface area (Å²) in [4.78, 5) is 6.66. The van der Waals surface area contributed by atoms with Crippen LogP contribution in [0, 0.1) is 5.82 Å². The minimum absolute atomic E-state index is 0.201. The SMILES string of the molecule is CCNC(=NCc1ccc(N2CCOCC2)c(F)c1)NCCc1ccc2c(c1)CCO2. The fraction of sp³-hybridized carbons (Fsp3) is 0.458. The Balaban J connectivity index is 1.32. The highest BCUT2D eigenvalue weighted by atomic mass is 19.1. The van der Waals surface area contributed by atoms with Gasteiger partial charge in [0.15, 0.2) is 5.96 Å². The summed E-state index contributed by atoms with van der Waals surface area (Å²) in [5.41, 5.74) is 4.07. The van der Waals surface area contributed by atoms with Gasteiger partial charge in [-0.1, -0.05) is 18.2 Å². The first kappa shape index (κ1) is 21.4. The standard InChI is InChI=1S/C24H31FN4O2/c1-2-26-24(27-9-7-18-4-6-23-20(15-18)8-12-31-23)28-17-19-3-5-22(21(25)16-19)29-10-13-30-14-11-29/h3-6,15-16H,2,7-14,17H2,1H3,(H2,26,27,28). The molecular formula is C24H31FN4O2. The van der Waals surface area contributed by atoms with Gasteiger partial charge in [-0.15, -0.1) is 0 Å². The van der Waals surface area contributed by atoms with Crippen LogP contribution < -0.4 is 20.3 Å². The number of anilines is 1. The predicted octanol–water partition coefficient (Wildman–Crippen LogP) is 2.90. The van der Waals surface area contributed by atoms with Gasteiger partial charge in [0, 0.05) is 32.6 Å². The first-order valence-electron chi connectivity index (χ1n) is 11.1. The van der Waals surface area contributed by atoms with Crippen LogP contribution in [0.5, 0.6) is 5.75 Å². The van der Waals surface area contributed by atoms with Gasteiger partial charge >= 0.3 is 0 Å². The van der Waals surface area contributed by atoms with Crippen LogP contribution >= 0.6 is 0 Å². The summed E-state index contributed by atoms with van der Waals surface area (Å²) in [6, 6.07) is 11.8. The van der Waals surface area contributed by atoms with Crippen LogP contribution in [0.15, 0.2) is 41.4 Å². The molecular weight excluding hydrogens is 395 g/mol. The van der Waals surface area contributed by atoms with Crippen LogP contribution in [0.25, 0.3) is 0 Å². The number of halogens is 1. The molecule has 0 saturated carbocycles. The quantitative estimate of drug-likeness (QED) is 0.527. The molecule has 0 atom stereocenters. The molecule has 0 amide bonds. The van der Waals surface area contributed by atoms with Gasteiger partial charge < -0.3 is 25.0 Å². The highest BCUT2D eigenvalue weighted by molar-refractivity contribution is 5.79. The maximum atomic E-state index is 14.6. The van der Waals surface area contributed by atoms with Crippen molar-refractivity contribution in [1.82, 2.24) is 10.6 Å². The topological polar surface area (TPSA) is 58.1 Å². The molecule has 1 saturated heterocycles. The van der Waals surface area contributed by atoms with Crippen molar-refractivity contribution in [3.63, 3.8) is 0 Å². The number of ether oxygens (including phenoxy) is 2. The monoisotopic (exact) mass is 426 g/mol. The molecule has 1 fully saturated rings. The molecule has 31 heavy (non-hydrogen) atoms. The number of rotatable bonds is 7. The molecule has 0 bridgehead atoms. The maximum Gasteiger partial charge on any atom is 0.191 e. The number of benzene rings is 2. The molecule has 2 heterocycles. The van der Waals surface area contributed by atoms with E-state index in [-0.39, 0.29) is 5.82 Å². The first-order chi connectivity index (χ1) is 15.2. The van der Waals surface area contributed by atoms with E-state index in [4.69, 9.17) is 9.47 Å². The summed E-state index contributed by atoms with van der Waals surface area (Å²) in [6.07, 6.45) is 1.89. The van der Waals surface area contributed by atoms with Gasteiger partial charge in [-0.2, -0.15) is 0 Å². The molecule has 0 spiro atoms. The molecule has 2 aliphatic heterocycles. The number of nitrogens with zero attached hydrogens (tertiary/aromatic N) is 2. The van der Waals surface area contributed by atoms with Crippen LogP contribution in [0.2, 0.25) is 0 Å². The van der Waals surface area contributed by atoms with E-state index in [1.807, 2.05) is 24.0 Å². The van der Waals surface area contributed by atoms with E-state index >= 15 is 0 Å². The van der Waals surface area contributed by atoms with E-state index in [0.717, 1.165) is 62.9 Å². The lowest BCUT2D eigenvalue weighted by Crippen LogP contribution is -2.38. The van der Waals surface area contributed by atoms with Crippen molar-refractivity contribution in [1.29, 1.82) is 0 Å². The van der Waals surface area contributed by atoms with Crippen molar-refractivity contribution in [3.05, 3.63) is 58.9 Å². The van der Waals surface area contributed by atoms with Crippen LogP contribution in [0.3, 0.4) is 0 Å². The molecule has 6 nitrogen and oxygen atoms in total. The third-order valence-electron chi connectivity index (χ3n) is 5.59. The van der Waals surface area contributed by atoms with Gasteiger partial charge in [0.1, 0.15) is 11.6 Å².